The molecule has 0 radical (unpaired) electrons. The quantitative estimate of drug-likeness (QED) is 0.197. The molecule has 1 saturated heterocycles. The van der Waals surface area contributed by atoms with Crippen LogP contribution in [0.15, 0.2) is 0 Å². The van der Waals surface area contributed by atoms with Crippen LogP contribution in [0.1, 0.15) is 80.6 Å². The van der Waals surface area contributed by atoms with Crippen molar-refractivity contribution < 1.29 is 51.9 Å². The maximum absolute atomic E-state index is 14.0. The van der Waals surface area contributed by atoms with Crippen LogP contribution in [0.3, 0.4) is 0 Å². The fourth-order valence-corrected chi connectivity index (χ4v) is 8.87. The Morgan fingerprint density at radius 2 is 1.79 bits per heavy atom. The van der Waals surface area contributed by atoms with Gasteiger partial charge in [-0.3, -0.25) is 14.2 Å². The average Bonchev–Trinajstić information content (AvgIpc) is 2.79. The number of fused-ring (bicyclic) bond motifs is 3. The van der Waals surface area contributed by atoms with Crippen molar-refractivity contribution in [3.05, 3.63) is 0 Å². The van der Waals surface area contributed by atoms with Gasteiger partial charge in [-0.1, -0.05) is 34.1 Å². The number of Topliss-reactive ketones (excluding diaryl/α,β-unsaturated/α-hetero) is 1. The number of hydrogen-bond donors (Lipinski definition) is 1. The minimum Gasteiger partial charge on any atom is -0.756 e. The number of rotatable bonds is 12. The Morgan fingerprint density at radius 3 is 2.36 bits per heavy atom. The van der Waals surface area contributed by atoms with Crippen LogP contribution in [0.2, 0.25) is 0 Å². The summed E-state index contributed by atoms with van der Waals surface area (Å²) in [4.78, 5) is 38.3. The molecule has 1 N–H and O–H groups in total. The van der Waals surface area contributed by atoms with Crippen molar-refractivity contribution in [3.8, 4) is 0 Å². The number of aliphatic hydroxyl groups excluding tert-OH is 1. The van der Waals surface area contributed by atoms with Gasteiger partial charge in [-0.25, -0.2) is 0 Å². The zero-order chi connectivity index (χ0) is 31.9. The van der Waals surface area contributed by atoms with Crippen molar-refractivity contribution in [3.63, 3.8) is 0 Å². The van der Waals surface area contributed by atoms with E-state index in [9.17, 15) is 24.2 Å². The average molecular weight is 620 g/mol. The lowest BCUT2D eigenvalue weighted by Crippen LogP contribution is -2.75. The van der Waals surface area contributed by atoms with Crippen molar-refractivity contribution >= 4 is 19.6 Å². The molecule has 0 spiro atoms. The van der Waals surface area contributed by atoms with E-state index in [0.717, 1.165) is 19.3 Å². The lowest BCUT2D eigenvalue weighted by Gasteiger charge is -2.67. The first-order valence-electron chi connectivity index (χ1n) is 15.2. The Kier molecular flexibility index (Phi) is 10.6. The summed E-state index contributed by atoms with van der Waals surface area (Å²) in [6.45, 7) is 12.9. The summed E-state index contributed by atoms with van der Waals surface area (Å²) in [5.74, 6) is -1.30. The molecule has 1 heterocycles. The van der Waals surface area contributed by atoms with Gasteiger partial charge in [0, 0.05) is 13.3 Å². The van der Waals surface area contributed by atoms with Gasteiger partial charge in [0.05, 0.1) is 52.0 Å². The number of quaternary nitrogens is 1. The van der Waals surface area contributed by atoms with E-state index in [0.29, 0.717) is 17.4 Å². The van der Waals surface area contributed by atoms with E-state index in [1.54, 1.807) is 0 Å². The van der Waals surface area contributed by atoms with Crippen molar-refractivity contribution in [2.75, 3.05) is 47.5 Å². The smallest absolute Gasteiger partial charge is 0.303 e. The number of nitrogens with zero attached hydrogens (tertiary/aromatic N) is 1. The maximum Gasteiger partial charge on any atom is 0.303 e. The lowest BCUT2D eigenvalue weighted by molar-refractivity contribution is -0.870. The molecule has 2 saturated carbocycles. The standard InChI is InChI=1S/C30H54NO10P/c1-11-28(5)17-22(33)24-29(6)14-12-13-27(3,4)25(29)23(34)26(30(24,7)41-28)37-18-21(40-20(2)32)19-39-42(35,36)38-16-15-31(8,9)10/h21,23-26,34H,11-19H2,1-10H3/t21?,23-,24+,25?,26-,28-,29+,30-/m0/s1. The highest BCUT2D eigenvalue weighted by Gasteiger charge is 2.71. The van der Waals surface area contributed by atoms with Crippen molar-refractivity contribution in [2.24, 2.45) is 22.7 Å². The molecular formula is C30H54NO10P. The fraction of sp³-hybridized carbons (Fsp3) is 0.933. The number of phosphoric ester groups is 1. The monoisotopic (exact) mass is 619 g/mol. The molecule has 0 aromatic carbocycles. The normalized spacial score (nSPS) is 38.6. The van der Waals surface area contributed by atoms with Gasteiger partial charge in [0.15, 0.2) is 0 Å². The molecule has 3 aliphatic rings. The van der Waals surface area contributed by atoms with Gasteiger partial charge in [0.1, 0.15) is 36.7 Å². The topological polar surface area (TPSA) is 141 Å². The van der Waals surface area contributed by atoms with E-state index in [4.69, 9.17) is 23.3 Å². The molecule has 0 aromatic rings. The molecule has 3 rings (SSSR count). The molecule has 11 nitrogen and oxygen atoms in total. The number of likely N-dealkylation sites (N-methyl/N-ethyl adjacent to an activating group) is 1. The van der Waals surface area contributed by atoms with E-state index < -0.39 is 61.2 Å². The largest absolute Gasteiger partial charge is 0.756 e. The van der Waals surface area contributed by atoms with Crippen molar-refractivity contribution in [2.45, 2.75) is 110 Å². The molecule has 3 fully saturated rings. The molecule has 12 heteroatoms. The first-order valence-corrected chi connectivity index (χ1v) is 16.7. The van der Waals surface area contributed by atoms with Crippen LogP contribution in [0, 0.1) is 22.7 Å². The van der Waals surface area contributed by atoms with Gasteiger partial charge in [0.2, 0.25) is 0 Å². The number of phosphoric acid groups is 1. The first-order chi connectivity index (χ1) is 19.1. The van der Waals surface area contributed by atoms with Gasteiger partial charge in [-0.2, -0.15) is 0 Å². The predicted molar refractivity (Wildman–Crippen MR) is 154 cm³/mol. The van der Waals surface area contributed by atoms with Gasteiger partial charge in [0.25, 0.3) is 7.82 Å². The Morgan fingerprint density at radius 1 is 1.14 bits per heavy atom. The summed E-state index contributed by atoms with van der Waals surface area (Å²) in [5.41, 5.74) is -2.66. The predicted octanol–water partition coefficient (Wildman–Crippen LogP) is 3.25. The minimum absolute atomic E-state index is 0.0650. The Bertz CT molecular complexity index is 1050. The summed E-state index contributed by atoms with van der Waals surface area (Å²) in [6, 6.07) is 0. The molecule has 9 atom stereocenters. The summed E-state index contributed by atoms with van der Waals surface area (Å²) >= 11 is 0. The number of ketones is 1. The summed E-state index contributed by atoms with van der Waals surface area (Å²) in [6.07, 6.45) is 0.497. The molecule has 3 unspecified atom stereocenters. The van der Waals surface area contributed by atoms with Crippen molar-refractivity contribution in [1.82, 2.24) is 0 Å². The fourth-order valence-electron chi connectivity index (χ4n) is 8.14. The highest BCUT2D eigenvalue weighted by Crippen LogP contribution is 2.65. The van der Waals surface area contributed by atoms with E-state index >= 15 is 0 Å². The number of ether oxygens (including phenoxy) is 3. The third-order valence-corrected chi connectivity index (χ3v) is 10.8. The third kappa shape index (κ3) is 7.65. The highest BCUT2D eigenvalue weighted by molar-refractivity contribution is 7.45. The number of esters is 1. The second-order valence-electron chi connectivity index (χ2n) is 15.1. The summed E-state index contributed by atoms with van der Waals surface area (Å²) in [5, 5.41) is 12.0. The van der Waals surface area contributed by atoms with Crippen LogP contribution in [0.5, 0.6) is 0 Å². The molecule has 42 heavy (non-hydrogen) atoms. The van der Waals surface area contributed by atoms with Crippen LogP contribution in [0.4, 0.5) is 0 Å². The Labute approximate surface area is 251 Å². The van der Waals surface area contributed by atoms with Crippen LogP contribution in [-0.2, 0) is 37.4 Å². The zero-order valence-corrected chi connectivity index (χ0v) is 28.2. The highest BCUT2D eigenvalue weighted by atomic mass is 31.2. The van der Waals surface area contributed by atoms with Crippen LogP contribution >= 0.6 is 7.82 Å². The van der Waals surface area contributed by atoms with Gasteiger partial charge in [-0.15, -0.1) is 0 Å². The van der Waals surface area contributed by atoms with E-state index in [-0.39, 0.29) is 36.8 Å². The molecule has 0 bridgehead atoms. The van der Waals surface area contributed by atoms with E-state index in [2.05, 4.69) is 20.8 Å². The lowest BCUT2D eigenvalue weighted by atomic mass is 9.42. The molecular weight excluding hydrogens is 565 g/mol. The Balaban J connectivity index is 1.87. The number of hydrogen-bond acceptors (Lipinski definition) is 10. The first kappa shape index (κ1) is 35.6. The summed E-state index contributed by atoms with van der Waals surface area (Å²) in [7, 11) is 1.03. The van der Waals surface area contributed by atoms with E-state index in [1.807, 2.05) is 41.9 Å². The molecule has 0 amide bonds. The van der Waals surface area contributed by atoms with Crippen LogP contribution in [0.25, 0.3) is 0 Å². The number of carbonyl (C=O) groups is 2. The Hall–Kier alpha value is -0.910. The van der Waals surface area contributed by atoms with Gasteiger partial charge in [-0.05, 0) is 49.9 Å². The number of aliphatic hydroxyl groups is 1. The molecule has 0 aromatic heterocycles. The second-order valence-corrected chi connectivity index (χ2v) is 16.5. The molecule has 244 valence electrons. The van der Waals surface area contributed by atoms with Gasteiger partial charge < -0.3 is 37.7 Å². The van der Waals surface area contributed by atoms with Gasteiger partial charge >= 0.3 is 5.97 Å². The maximum atomic E-state index is 14.0. The summed E-state index contributed by atoms with van der Waals surface area (Å²) < 4.78 is 41.5. The SMILES string of the molecule is CC[C@@]1(C)CC(=O)[C@H]2[C@](C)(O1)[C@@H](OCC(COP(=O)([O-])OCC[N+](C)(C)C)OC(C)=O)[C@@H](O)C1C(C)(C)CCC[C@@]12C. The van der Waals surface area contributed by atoms with Crippen LogP contribution in [-0.4, -0.2) is 98.4 Å². The second kappa shape index (κ2) is 12.5. The zero-order valence-electron chi connectivity index (χ0n) is 27.3. The molecule has 1 aliphatic heterocycles. The molecule has 2 aliphatic carbocycles. The van der Waals surface area contributed by atoms with Crippen molar-refractivity contribution in [1.29, 1.82) is 0 Å². The van der Waals surface area contributed by atoms with E-state index in [1.165, 1.54) is 6.92 Å². The number of carbonyl (C=O) groups excluding carboxylic acids is 2. The third-order valence-electron chi connectivity index (χ3n) is 9.85. The minimum atomic E-state index is -4.68. The van der Waals surface area contributed by atoms with Crippen LogP contribution < -0.4 is 4.89 Å².